The van der Waals surface area contributed by atoms with E-state index in [2.05, 4.69) is 4.79 Å². The topological polar surface area (TPSA) is 62.7 Å². The molecule has 1 aliphatic carbocycles. The Morgan fingerprint density at radius 3 is 3.08 bits per heavy atom. The molecule has 4 nitrogen and oxygen atoms in total. The maximum absolute atomic E-state index is 11.3. The lowest BCUT2D eigenvalue weighted by atomic mass is 9.99. The highest BCUT2D eigenvalue weighted by molar-refractivity contribution is 6.07. The maximum atomic E-state index is 11.3. The Bertz CT molecular complexity index is 312. The van der Waals surface area contributed by atoms with E-state index in [9.17, 15) is 4.79 Å². The predicted molar refractivity (Wildman–Crippen MR) is 47.0 cm³/mol. The summed E-state index contributed by atoms with van der Waals surface area (Å²) < 4.78 is 4.80. The largest absolute Gasteiger partial charge is 0.465 e. The highest BCUT2D eigenvalue weighted by Crippen LogP contribution is 2.09. The molecule has 0 aromatic rings. The fourth-order valence-electron chi connectivity index (χ4n) is 1.06. The van der Waals surface area contributed by atoms with Crippen LogP contribution in [0.25, 0.3) is 5.53 Å². The van der Waals surface area contributed by atoms with Crippen LogP contribution in [0.1, 0.15) is 6.92 Å². The molecule has 13 heavy (non-hydrogen) atoms. The highest BCUT2D eigenvalue weighted by Gasteiger charge is 2.28. The third kappa shape index (κ3) is 2.13. The summed E-state index contributed by atoms with van der Waals surface area (Å²) in [5, 5.41) is 0. The van der Waals surface area contributed by atoms with Crippen LogP contribution in [-0.4, -0.2) is 23.1 Å². The Hall–Kier alpha value is -1.67. The summed E-state index contributed by atoms with van der Waals surface area (Å²) in [6, 6.07) is 0. The Kier molecular flexibility index (Phi) is 3.17. The minimum Gasteiger partial charge on any atom is -0.465 e. The molecule has 1 aliphatic rings. The lowest BCUT2D eigenvalue weighted by Gasteiger charge is -2.07. The molecule has 0 heterocycles. The number of carbonyl (C=O) groups excluding carboxylic acids is 1. The van der Waals surface area contributed by atoms with Gasteiger partial charge in [-0.2, -0.15) is 4.79 Å². The van der Waals surface area contributed by atoms with Crippen molar-refractivity contribution in [2.24, 2.45) is 5.92 Å². The second kappa shape index (κ2) is 4.38. The van der Waals surface area contributed by atoms with Crippen molar-refractivity contribution in [2.45, 2.75) is 6.92 Å². The summed E-state index contributed by atoms with van der Waals surface area (Å²) in [4.78, 5) is 14.3. The summed E-state index contributed by atoms with van der Waals surface area (Å²) in [5.74, 6) is -0.967. The third-order valence-corrected chi connectivity index (χ3v) is 1.66. The number of allylic oxidation sites excluding steroid dienone is 3. The number of esters is 1. The van der Waals surface area contributed by atoms with Crippen LogP contribution in [0.5, 0.6) is 0 Å². The van der Waals surface area contributed by atoms with Crippen LogP contribution >= 0.6 is 0 Å². The van der Waals surface area contributed by atoms with Gasteiger partial charge in [0.1, 0.15) is 0 Å². The second-order valence-corrected chi connectivity index (χ2v) is 2.50. The summed E-state index contributed by atoms with van der Waals surface area (Å²) in [5.41, 5.74) is 8.88. The summed E-state index contributed by atoms with van der Waals surface area (Å²) >= 11 is 0. The number of ether oxygens (including phenoxy) is 1. The van der Waals surface area contributed by atoms with Gasteiger partial charge in [0, 0.05) is 6.08 Å². The molecule has 68 valence electrons. The first-order valence-corrected chi connectivity index (χ1v) is 4.03. The van der Waals surface area contributed by atoms with E-state index in [0.29, 0.717) is 12.3 Å². The van der Waals surface area contributed by atoms with E-state index in [1.54, 1.807) is 31.2 Å². The van der Waals surface area contributed by atoms with Crippen LogP contribution in [0, 0.1) is 5.92 Å². The minimum atomic E-state index is -0.574. The molecule has 0 N–H and O–H groups in total. The Balaban J connectivity index is 2.79. The predicted octanol–water partition coefficient (Wildman–Crippen LogP) is 0.962. The average Bonchev–Trinajstić information content (AvgIpc) is 2.18. The molecule has 0 fully saturated rings. The first-order chi connectivity index (χ1) is 6.29. The van der Waals surface area contributed by atoms with Crippen LogP contribution < -0.4 is 0 Å². The zero-order valence-electron chi connectivity index (χ0n) is 7.30. The molecule has 0 amide bonds. The van der Waals surface area contributed by atoms with Crippen molar-refractivity contribution >= 4 is 11.7 Å². The van der Waals surface area contributed by atoms with Crippen LogP contribution in [0.3, 0.4) is 0 Å². The molecule has 0 aromatic carbocycles. The number of hydrogen-bond donors (Lipinski definition) is 0. The minimum absolute atomic E-state index is 0.306. The van der Waals surface area contributed by atoms with E-state index in [0.717, 1.165) is 0 Å². The van der Waals surface area contributed by atoms with E-state index in [-0.39, 0.29) is 0 Å². The van der Waals surface area contributed by atoms with Gasteiger partial charge in [0.15, 0.2) is 5.92 Å². The number of nitrogens with zero attached hydrogens (tertiary/aromatic N) is 2. The lowest BCUT2D eigenvalue weighted by Crippen LogP contribution is -2.25. The molecule has 0 bridgehead atoms. The number of carbonyl (C=O) groups is 1. The first kappa shape index (κ1) is 9.42. The molecule has 0 saturated heterocycles. The van der Waals surface area contributed by atoms with Crippen molar-refractivity contribution < 1.29 is 14.3 Å². The van der Waals surface area contributed by atoms with Gasteiger partial charge in [-0.05, 0) is 6.92 Å². The second-order valence-electron chi connectivity index (χ2n) is 2.50. The monoisotopic (exact) mass is 178 g/mol. The SMILES string of the molecule is CCOC(=O)C1C=CC=CC1=[N+]=[N-]. The van der Waals surface area contributed by atoms with Gasteiger partial charge < -0.3 is 10.3 Å². The molecule has 1 atom stereocenters. The van der Waals surface area contributed by atoms with Gasteiger partial charge in [0.25, 0.3) is 0 Å². The Morgan fingerprint density at radius 2 is 2.46 bits per heavy atom. The van der Waals surface area contributed by atoms with E-state index in [4.69, 9.17) is 10.3 Å². The van der Waals surface area contributed by atoms with Crippen molar-refractivity contribution in [3.63, 3.8) is 0 Å². The van der Waals surface area contributed by atoms with Crippen molar-refractivity contribution in [3.05, 3.63) is 29.8 Å². The maximum Gasteiger partial charge on any atom is 0.324 e. The van der Waals surface area contributed by atoms with E-state index >= 15 is 0 Å². The van der Waals surface area contributed by atoms with Crippen LogP contribution in [-0.2, 0) is 9.53 Å². The van der Waals surface area contributed by atoms with Gasteiger partial charge in [0.2, 0.25) is 0 Å². The Labute approximate surface area is 76.1 Å². The van der Waals surface area contributed by atoms with E-state index in [1.165, 1.54) is 0 Å². The summed E-state index contributed by atoms with van der Waals surface area (Å²) in [6.45, 7) is 2.06. The first-order valence-electron chi connectivity index (χ1n) is 4.03. The highest BCUT2D eigenvalue weighted by atomic mass is 16.5. The van der Waals surface area contributed by atoms with Crippen molar-refractivity contribution in [1.82, 2.24) is 0 Å². The lowest BCUT2D eigenvalue weighted by molar-refractivity contribution is -0.145. The van der Waals surface area contributed by atoms with Gasteiger partial charge in [-0.1, -0.05) is 18.2 Å². The molecule has 4 heteroatoms. The molecular formula is C9H10N2O2. The zero-order valence-corrected chi connectivity index (χ0v) is 7.30. The van der Waals surface area contributed by atoms with Crippen molar-refractivity contribution in [3.8, 4) is 0 Å². The smallest absolute Gasteiger partial charge is 0.324 e. The molecule has 0 aromatic heterocycles. The third-order valence-electron chi connectivity index (χ3n) is 1.66. The zero-order chi connectivity index (χ0) is 9.68. The van der Waals surface area contributed by atoms with Crippen molar-refractivity contribution in [2.75, 3.05) is 6.61 Å². The van der Waals surface area contributed by atoms with Crippen LogP contribution in [0.4, 0.5) is 0 Å². The molecule has 0 spiro atoms. The average molecular weight is 178 g/mol. The molecule has 0 aliphatic heterocycles. The molecule has 0 saturated carbocycles. The molecular weight excluding hydrogens is 168 g/mol. The normalized spacial score (nSPS) is 19.8. The fraction of sp³-hybridized carbons (Fsp3) is 0.333. The van der Waals surface area contributed by atoms with Gasteiger partial charge in [-0.25, -0.2) is 0 Å². The van der Waals surface area contributed by atoms with Gasteiger partial charge in [0.05, 0.1) is 6.61 Å². The van der Waals surface area contributed by atoms with Crippen LogP contribution in [0.15, 0.2) is 24.3 Å². The van der Waals surface area contributed by atoms with Crippen molar-refractivity contribution in [1.29, 1.82) is 0 Å². The van der Waals surface area contributed by atoms with Gasteiger partial charge >= 0.3 is 11.7 Å². The van der Waals surface area contributed by atoms with Gasteiger partial charge in [-0.3, -0.25) is 4.79 Å². The summed E-state index contributed by atoms with van der Waals surface area (Å²) in [7, 11) is 0. The fourth-order valence-corrected chi connectivity index (χ4v) is 1.06. The van der Waals surface area contributed by atoms with E-state index < -0.39 is 11.9 Å². The van der Waals surface area contributed by atoms with Gasteiger partial charge in [-0.15, -0.1) is 0 Å². The quantitative estimate of drug-likeness (QED) is 0.359. The molecule has 1 rings (SSSR count). The summed E-state index contributed by atoms with van der Waals surface area (Å²) in [6.07, 6.45) is 6.62. The number of rotatable bonds is 2. The van der Waals surface area contributed by atoms with Crippen LogP contribution in [0.2, 0.25) is 0 Å². The Morgan fingerprint density at radius 1 is 1.69 bits per heavy atom. The molecule has 1 unspecified atom stereocenters. The number of hydrogen-bond acceptors (Lipinski definition) is 2. The van der Waals surface area contributed by atoms with E-state index in [1.807, 2.05) is 0 Å². The standard InChI is InChI=1S/C9H10N2O2/c1-2-13-9(12)7-5-3-4-6-8(7)11-10/h3-7H,2H2,1H3. The molecule has 0 radical (unpaired) electrons.